The number of fused-ring (bicyclic) bond motifs is 1. The fourth-order valence-electron chi connectivity index (χ4n) is 5.09. The van der Waals surface area contributed by atoms with Crippen LogP contribution < -0.4 is 4.90 Å². The van der Waals surface area contributed by atoms with Gasteiger partial charge in [-0.2, -0.15) is 0 Å². The fourth-order valence-corrected chi connectivity index (χ4v) is 5.30. The van der Waals surface area contributed by atoms with Crippen LogP contribution in [0.1, 0.15) is 17.2 Å². The molecule has 0 radical (unpaired) electrons. The first-order chi connectivity index (χ1) is 17.3. The van der Waals surface area contributed by atoms with E-state index in [4.69, 9.17) is 16.6 Å². The number of hydrogen-bond donors (Lipinski definition) is 1. The molecule has 0 saturated carbocycles. The molecule has 4 aromatic carbocycles. The summed E-state index contributed by atoms with van der Waals surface area (Å²) in [5.74, 6) is 0.810. The molecule has 5 aromatic rings. The van der Waals surface area contributed by atoms with E-state index in [0.717, 1.165) is 48.6 Å². The molecule has 1 aromatic heterocycles. The molecule has 6 rings (SSSR count). The van der Waals surface area contributed by atoms with Gasteiger partial charge in [-0.05, 0) is 41.5 Å². The predicted molar refractivity (Wildman–Crippen MR) is 145 cm³/mol. The quantitative estimate of drug-likeness (QED) is 0.302. The molecule has 0 atom stereocenters. The topological polar surface area (TPSA) is 35.2 Å². The van der Waals surface area contributed by atoms with Crippen LogP contribution in [-0.4, -0.2) is 41.0 Å². The van der Waals surface area contributed by atoms with Crippen LogP contribution in [0.4, 0.5) is 5.69 Å². The SMILES string of the molecule is Clc1ccc(N2CCN(C(c3ccccc3)c3ccccc3)CC2)cc1-c1nc2ccccc2[nH]1. The van der Waals surface area contributed by atoms with Gasteiger partial charge >= 0.3 is 0 Å². The number of H-pyrrole nitrogens is 1. The van der Waals surface area contributed by atoms with Crippen molar-refractivity contribution in [2.75, 3.05) is 31.1 Å². The summed E-state index contributed by atoms with van der Waals surface area (Å²) >= 11 is 6.61. The van der Waals surface area contributed by atoms with Crippen molar-refractivity contribution in [3.63, 3.8) is 0 Å². The summed E-state index contributed by atoms with van der Waals surface area (Å²) < 4.78 is 0. The first-order valence-corrected chi connectivity index (χ1v) is 12.5. The molecule has 1 saturated heterocycles. The van der Waals surface area contributed by atoms with Gasteiger partial charge in [-0.25, -0.2) is 4.98 Å². The van der Waals surface area contributed by atoms with Crippen LogP contribution in [0.3, 0.4) is 0 Å². The Balaban J connectivity index is 1.24. The fraction of sp³-hybridized carbons (Fsp3) is 0.167. The number of nitrogens with zero attached hydrogens (tertiary/aromatic N) is 3. The molecule has 1 aliphatic rings. The Hall–Kier alpha value is -3.60. The van der Waals surface area contributed by atoms with Crippen LogP contribution in [0, 0.1) is 0 Å². The van der Waals surface area contributed by atoms with Gasteiger partial charge in [0.05, 0.1) is 22.1 Å². The molecule has 0 unspecified atom stereocenters. The number of rotatable bonds is 5. The summed E-state index contributed by atoms with van der Waals surface area (Å²) in [4.78, 5) is 13.2. The molecular weight excluding hydrogens is 452 g/mol. The molecule has 174 valence electrons. The van der Waals surface area contributed by atoms with E-state index in [1.165, 1.54) is 16.8 Å². The number of benzene rings is 4. The lowest BCUT2D eigenvalue weighted by Crippen LogP contribution is -2.48. The van der Waals surface area contributed by atoms with Crippen LogP contribution in [-0.2, 0) is 0 Å². The summed E-state index contributed by atoms with van der Waals surface area (Å²) in [6.45, 7) is 3.88. The van der Waals surface area contributed by atoms with E-state index in [-0.39, 0.29) is 6.04 Å². The standard InChI is InChI=1S/C30H27ClN4/c31-26-16-15-24(21-25(26)30-32-27-13-7-8-14-28(27)33-30)34-17-19-35(20-18-34)29(22-9-3-1-4-10-22)23-11-5-2-6-12-23/h1-16,21,29H,17-20H2,(H,32,33). The van der Waals surface area contributed by atoms with E-state index in [0.29, 0.717) is 5.02 Å². The van der Waals surface area contributed by atoms with Gasteiger partial charge in [0, 0.05) is 37.4 Å². The van der Waals surface area contributed by atoms with Crippen molar-refractivity contribution in [2.24, 2.45) is 0 Å². The van der Waals surface area contributed by atoms with Crippen LogP contribution in [0.15, 0.2) is 103 Å². The minimum Gasteiger partial charge on any atom is -0.369 e. The first-order valence-electron chi connectivity index (χ1n) is 12.1. The van der Waals surface area contributed by atoms with Gasteiger partial charge in [0.25, 0.3) is 0 Å². The molecule has 1 fully saturated rings. The second kappa shape index (κ2) is 9.57. The maximum absolute atomic E-state index is 6.61. The van der Waals surface area contributed by atoms with Gasteiger partial charge in [0.1, 0.15) is 5.82 Å². The van der Waals surface area contributed by atoms with E-state index in [1.54, 1.807) is 0 Å². The molecule has 0 amide bonds. The van der Waals surface area contributed by atoms with E-state index in [9.17, 15) is 0 Å². The first kappa shape index (κ1) is 21.9. The molecule has 2 heterocycles. The van der Waals surface area contributed by atoms with E-state index < -0.39 is 0 Å². The Kier molecular flexibility index (Phi) is 5.99. The molecule has 1 N–H and O–H groups in total. The van der Waals surface area contributed by atoms with Gasteiger partial charge in [-0.3, -0.25) is 4.90 Å². The Morgan fingerprint density at radius 3 is 2.00 bits per heavy atom. The van der Waals surface area contributed by atoms with Gasteiger partial charge in [-0.1, -0.05) is 84.4 Å². The van der Waals surface area contributed by atoms with Crippen LogP contribution in [0.5, 0.6) is 0 Å². The largest absolute Gasteiger partial charge is 0.369 e. The molecule has 4 nitrogen and oxygen atoms in total. The third-order valence-corrected chi connectivity index (χ3v) is 7.20. The van der Waals surface area contributed by atoms with Crippen molar-refractivity contribution in [3.8, 4) is 11.4 Å². The molecule has 35 heavy (non-hydrogen) atoms. The predicted octanol–water partition coefficient (Wildman–Crippen LogP) is 6.79. The lowest BCUT2D eigenvalue weighted by atomic mass is 9.96. The average Bonchev–Trinajstić information content (AvgIpc) is 3.35. The van der Waals surface area contributed by atoms with Crippen molar-refractivity contribution < 1.29 is 0 Å². The summed E-state index contributed by atoms with van der Waals surface area (Å²) in [6, 6.07) is 36.3. The monoisotopic (exact) mass is 478 g/mol. The normalized spacial score (nSPS) is 14.6. The van der Waals surface area contributed by atoms with Crippen molar-refractivity contribution in [3.05, 3.63) is 119 Å². The molecule has 1 aliphatic heterocycles. The summed E-state index contributed by atoms with van der Waals surface area (Å²) in [7, 11) is 0. The average molecular weight is 479 g/mol. The number of anilines is 1. The number of piperazine rings is 1. The molecular formula is C30H27ClN4. The van der Waals surface area contributed by atoms with Crippen LogP contribution >= 0.6 is 11.6 Å². The second-order valence-corrected chi connectivity index (χ2v) is 9.42. The van der Waals surface area contributed by atoms with E-state index in [2.05, 4.69) is 87.6 Å². The van der Waals surface area contributed by atoms with Crippen molar-refractivity contribution >= 4 is 28.3 Å². The maximum Gasteiger partial charge on any atom is 0.140 e. The molecule has 0 aliphatic carbocycles. The van der Waals surface area contributed by atoms with Gasteiger partial charge < -0.3 is 9.88 Å². The van der Waals surface area contributed by atoms with Gasteiger partial charge in [0.2, 0.25) is 0 Å². The number of aromatic nitrogens is 2. The lowest BCUT2D eigenvalue weighted by molar-refractivity contribution is 0.212. The van der Waals surface area contributed by atoms with E-state index >= 15 is 0 Å². The van der Waals surface area contributed by atoms with Crippen LogP contribution in [0.25, 0.3) is 22.4 Å². The highest BCUT2D eigenvalue weighted by atomic mass is 35.5. The number of hydrogen-bond acceptors (Lipinski definition) is 3. The Morgan fingerprint density at radius 1 is 0.714 bits per heavy atom. The third-order valence-electron chi connectivity index (χ3n) is 6.87. The summed E-state index contributed by atoms with van der Waals surface area (Å²) in [5.41, 5.74) is 6.77. The lowest BCUT2D eigenvalue weighted by Gasteiger charge is -2.40. The maximum atomic E-state index is 6.61. The Labute approximate surface area is 210 Å². The molecule has 5 heteroatoms. The zero-order valence-electron chi connectivity index (χ0n) is 19.4. The van der Waals surface area contributed by atoms with Gasteiger partial charge in [-0.15, -0.1) is 0 Å². The van der Waals surface area contributed by atoms with E-state index in [1.807, 2.05) is 30.3 Å². The zero-order valence-corrected chi connectivity index (χ0v) is 20.2. The highest BCUT2D eigenvalue weighted by Gasteiger charge is 2.26. The number of para-hydroxylation sites is 2. The summed E-state index contributed by atoms with van der Waals surface area (Å²) in [5, 5.41) is 0.708. The van der Waals surface area contributed by atoms with Crippen LogP contribution in [0.2, 0.25) is 5.02 Å². The minimum atomic E-state index is 0.260. The number of nitrogens with one attached hydrogen (secondary N) is 1. The smallest absolute Gasteiger partial charge is 0.140 e. The van der Waals surface area contributed by atoms with Gasteiger partial charge in [0.15, 0.2) is 0 Å². The van der Waals surface area contributed by atoms with Crippen molar-refractivity contribution in [2.45, 2.75) is 6.04 Å². The minimum absolute atomic E-state index is 0.260. The molecule has 0 bridgehead atoms. The summed E-state index contributed by atoms with van der Waals surface area (Å²) in [6.07, 6.45) is 0. The zero-order chi connectivity index (χ0) is 23.6. The third kappa shape index (κ3) is 4.43. The Morgan fingerprint density at radius 2 is 1.34 bits per heavy atom. The molecule has 0 spiro atoms. The highest BCUT2D eigenvalue weighted by Crippen LogP contribution is 2.34. The van der Waals surface area contributed by atoms with Crippen molar-refractivity contribution in [1.29, 1.82) is 0 Å². The van der Waals surface area contributed by atoms with Crippen molar-refractivity contribution in [1.82, 2.24) is 14.9 Å². The number of halogens is 1. The number of aromatic amines is 1. The second-order valence-electron chi connectivity index (χ2n) is 9.01. The highest BCUT2D eigenvalue weighted by molar-refractivity contribution is 6.33. The number of imidazole rings is 1. The Bertz CT molecular complexity index is 1350.